The average Bonchev–Trinajstić information content (AvgIpc) is 2.38. The van der Waals surface area contributed by atoms with Gasteiger partial charge in [-0.2, -0.15) is 0 Å². The predicted octanol–water partition coefficient (Wildman–Crippen LogP) is 4.79. The van der Waals surface area contributed by atoms with E-state index in [4.69, 9.17) is 23.2 Å². The van der Waals surface area contributed by atoms with E-state index in [1.165, 1.54) is 0 Å². The van der Waals surface area contributed by atoms with Crippen molar-refractivity contribution in [3.05, 3.63) is 69.2 Å². The Balaban J connectivity index is 2.15. The van der Waals surface area contributed by atoms with Crippen LogP contribution in [0.4, 0.5) is 0 Å². The number of nitrogens with one attached hydrogen (secondary N) is 1. The highest BCUT2D eigenvalue weighted by molar-refractivity contribution is 6.35. The van der Waals surface area contributed by atoms with Crippen LogP contribution in [0.25, 0.3) is 0 Å². The van der Waals surface area contributed by atoms with Gasteiger partial charge in [0.25, 0.3) is 5.91 Å². The molecule has 0 unspecified atom stereocenters. The van der Waals surface area contributed by atoms with E-state index in [2.05, 4.69) is 5.32 Å². The number of carbonyl (C=O) groups excluding carboxylic acids is 1. The van der Waals surface area contributed by atoms with Crippen molar-refractivity contribution in [2.75, 3.05) is 0 Å². The summed E-state index contributed by atoms with van der Waals surface area (Å²) in [7, 11) is 0. The largest absolute Gasteiger partial charge is 0.345 e. The summed E-state index contributed by atoms with van der Waals surface area (Å²) >= 11 is 12.0. The Morgan fingerprint density at radius 3 is 2.55 bits per heavy atom. The molecule has 0 aliphatic heterocycles. The number of amides is 1. The molecule has 4 heteroatoms. The third-order valence-corrected chi connectivity index (χ3v) is 3.62. The van der Waals surface area contributed by atoms with Gasteiger partial charge in [0.05, 0.1) is 6.04 Å². The van der Waals surface area contributed by atoms with Crippen molar-refractivity contribution < 1.29 is 4.79 Å². The van der Waals surface area contributed by atoms with Crippen molar-refractivity contribution in [1.82, 2.24) is 5.32 Å². The summed E-state index contributed by atoms with van der Waals surface area (Å²) in [5.74, 6) is -0.118. The Labute approximate surface area is 128 Å². The van der Waals surface area contributed by atoms with Crippen molar-refractivity contribution in [3.63, 3.8) is 0 Å². The van der Waals surface area contributed by atoms with Gasteiger partial charge in [-0.15, -0.1) is 0 Å². The summed E-state index contributed by atoms with van der Waals surface area (Å²) < 4.78 is 0. The molecule has 1 atom stereocenters. The fourth-order valence-corrected chi connectivity index (χ4v) is 2.57. The Kier molecular flexibility index (Phi) is 4.69. The highest BCUT2D eigenvalue weighted by Gasteiger charge is 2.14. The van der Waals surface area contributed by atoms with E-state index >= 15 is 0 Å². The van der Waals surface area contributed by atoms with Gasteiger partial charge >= 0.3 is 0 Å². The number of aryl methyl sites for hydroxylation is 1. The van der Waals surface area contributed by atoms with Crippen molar-refractivity contribution >= 4 is 29.1 Å². The summed E-state index contributed by atoms with van der Waals surface area (Å²) in [5.41, 5.74) is 2.54. The molecule has 2 aromatic rings. The fourth-order valence-electron chi connectivity index (χ4n) is 2.00. The molecule has 0 saturated carbocycles. The lowest BCUT2D eigenvalue weighted by Gasteiger charge is -2.16. The Morgan fingerprint density at radius 2 is 1.90 bits per heavy atom. The van der Waals surface area contributed by atoms with Crippen LogP contribution in [-0.4, -0.2) is 5.91 Å². The van der Waals surface area contributed by atoms with E-state index in [0.717, 1.165) is 11.1 Å². The zero-order valence-corrected chi connectivity index (χ0v) is 12.8. The second kappa shape index (κ2) is 6.29. The van der Waals surface area contributed by atoms with Crippen LogP contribution < -0.4 is 5.32 Å². The quantitative estimate of drug-likeness (QED) is 0.867. The molecule has 0 spiro atoms. The van der Waals surface area contributed by atoms with Crippen LogP contribution in [0.3, 0.4) is 0 Å². The molecule has 0 aromatic heterocycles. The van der Waals surface area contributed by atoms with Gasteiger partial charge in [0.2, 0.25) is 0 Å². The average molecular weight is 308 g/mol. The maximum absolute atomic E-state index is 12.2. The van der Waals surface area contributed by atoms with Crippen molar-refractivity contribution in [3.8, 4) is 0 Å². The number of carbonyl (C=O) groups is 1. The molecule has 0 fully saturated rings. The van der Waals surface area contributed by atoms with Crippen molar-refractivity contribution in [2.24, 2.45) is 0 Å². The van der Waals surface area contributed by atoms with Gasteiger partial charge in [0.15, 0.2) is 0 Å². The lowest BCUT2D eigenvalue weighted by atomic mass is 10.1. The highest BCUT2D eigenvalue weighted by atomic mass is 35.5. The van der Waals surface area contributed by atoms with E-state index in [1.54, 1.807) is 18.2 Å². The number of halogens is 2. The van der Waals surface area contributed by atoms with Gasteiger partial charge in [-0.05, 0) is 43.7 Å². The normalized spacial score (nSPS) is 12.0. The first-order valence-electron chi connectivity index (χ1n) is 6.30. The molecule has 104 valence electrons. The maximum atomic E-state index is 12.2. The van der Waals surface area contributed by atoms with Gasteiger partial charge in [-0.1, -0.05) is 47.0 Å². The molecule has 1 N–H and O–H groups in total. The monoisotopic (exact) mass is 307 g/mol. The third-order valence-electron chi connectivity index (χ3n) is 3.06. The molecule has 2 nitrogen and oxygen atoms in total. The smallest absolute Gasteiger partial charge is 0.251 e. The predicted molar refractivity (Wildman–Crippen MR) is 83.5 cm³/mol. The minimum atomic E-state index is -0.187. The second-order valence-corrected chi connectivity index (χ2v) is 5.57. The number of hydrogen-bond donors (Lipinski definition) is 1. The van der Waals surface area contributed by atoms with Crippen LogP contribution >= 0.6 is 23.2 Å². The van der Waals surface area contributed by atoms with Crippen LogP contribution in [0.5, 0.6) is 0 Å². The molecular formula is C16H15Cl2NO. The van der Waals surface area contributed by atoms with Gasteiger partial charge in [0.1, 0.15) is 0 Å². The number of rotatable bonds is 3. The molecule has 1 amide bonds. The second-order valence-electron chi connectivity index (χ2n) is 4.73. The summed E-state index contributed by atoms with van der Waals surface area (Å²) in [6, 6.07) is 12.5. The van der Waals surface area contributed by atoms with Crippen LogP contribution in [-0.2, 0) is 0 Å². The molecule has 2 aromatic carbocycles. The van der Waals surface area contributed by atoms with Gasteiger partial charge in [-0.3, -0.25) is 4.79 Å². The first kappa shape index (κ1) is 14.9. The first-order chi connectivity index (χ1) is 9.47. The van der Waals surface area contributed by atoms with Gasteiger partial charge in [-0.25, -0.2) is 0 Å². The molecule has 0 bridgehead atoms. The Bertz CT molecular complexity index is 640. The van der Waals surface area contributed by atoms with E-state index in [9.17, 15) is 4.79 Å². The number of hydrogen-bond acceptors (Lipinski definition) is 1. The van der Waals surface area contributed by atoms with Gasteiger partial charge < -0.3 is 5.32 Å². The molecule has 0 aliphatic carbocycles. The fraction of sp³-hybridized carbons (Fsp3) is 0.188. The zero-order chi connectivity index (χ0) is 14.7. The van der Waals surface area contributed by atoms with Crippen molar-refractivity contribution in [2.45, 2.75) is 19.9 Å². The molecule has 0 saturated heterocycles. The molecular weight excluding hydrogens is 293 g/mol. The summed E-state index contributed by atoms with van der Waals surface area (Å²) in [6.45, 7) is 3.85. The maximum Gasteiger partial charge on any atom is 0.251 e. The van der Waals surface area contributed by atoms with Crippen LogP contribution in [0.2, 0.25) is 10.0 Å². The molecule has 0 radical (unpaired) electrons. The molecule has 0 aliphatic rings. The first-order valence-corrected chi connectivity index (χ1v) is 7.05. The van der Waals surface area contributed by atoms with Gasteiger partial charge in [0, 0.05) is 15.6 Å². The Hall–Kier alpha value is -1.51. The lowest BCUT2D eigenvalue weighted by Crippen LogP contribution is -2.26. The van der Waals surface area contributed by atoms with Crippen LogP contribution in [0.15, 0.2) is 42.5 Å². The summed E-state index contributed by atoms with van der Waals surface area (Å²) in [4.78, 5) is 12.2. The molecule has 20 heavy (non-hydrogen) atoms. The lowest BCUT2D eigenvalue weighted by molar-refractivity contribution is 0.0940. The van der Waals surface area contributed by atoms with Crippen molar-refractivity contribution in [1.29, 1.82) is 0 Å². The minimum Gasteiger partial charge on any atom is -0.345 e. The van der Waals surface area contributed by atoms with E-state index < -0.39 is 0 Å². The highest BCUT2D eigenvalue weighted by Crippen LogP contribution is 2.26. The Morgan fingerprint density at radius 1 is 1.15 bits per heavy atom. The minimum absolute atomic E-state index is 0.118. The molecule has 2 rings (SSSR count). The summed E-state index contributed by atoms with van der Waals surface area (Å²) in [5, 5.41) is 4.06. The zero-order valence-electron chi connectivity index (χ0n) is 11.3. The van der Waals surface area contributed by atoms with Crippen LogP contribution in [0.1, 0.15) is 34.5 Å². The topological polar surface area (TPSA) is 29.1 Å². The van der Waals surface area contributed by atoms with E-state index in [0.29, 0.717) is 15.6 Å². The standard InChI is InChI=1S/C16H15Cl2NO/c1-10-4-3-5-12(8-10)16(20)19-11(2)14-7-6-13(17)9-15(14)18/h3-9,11H,1-2H3,(H,19,20)/t11-/m0/s1. The van der Waals surface area contributed by atoms with Crippen LogP contribution in [0, 0.1) is 6.92 Å². The SMILES string of the molecule is Cc1cccc(C(=O)N[C@@H](C)c2ccc(Cl)cc2Cl)c1. The molecule has 0 heterocycles. The van der Waals surface area contributed by atoms with E-state index in [1.807, 2.05) is 38.1 Å². The third kappa shape index (κ3) is 3.53. The van der Waals surface area contributed by atoms with E-state index in [-0.39, 0.29) is 11.9 Å². The summed E-state index contributed by atoms with van der Waals surface area (Å²) in [6.07, 6.45) is 0. The number of benzene rings is 2.